The Hall–Kier alpha value is -2.00. The molecular weight excluding hydrogens is 398 g/mol. The molecule has 2 aromatic rings. The molecule has 2 saturated heterocycles. The van der Waals surface area contributed by atoms with Crippen molar-refractivity contribution in [3.8, 4) is 0 Å². The second-order valence-electron chi connectivity index (χ2n) is 7.31. The number of benzene rings is 2. The van der Waals surface area contributed by atoms with Gasteiger partial charge in [0.05, 0.1) is 24.6 Å². The van der Waals surface area contributed by atoms with Gasteiger partial charge in [0.2, 0.25) is 0 Å². The molecule has 0 bridgehead atoms. The Morgan fingerprint density at radius 1 is 0.931 bits per heavy atom. The van der Waals surface area contributed by atoms with Crippen molar-refractivity contribution in [3.63, 3.8) is 0 Å². The normalized spacial score (nSPS) is 21.2. The number of ether oxygens (including phenoxy) is 2. The summed E-state index contributed by atoms with van der Waals surface area (Å²) in [6, 6.07) is 8.75. The molecule has 0 saturated carbocycles. The zero-order valence-electron chi connectivity index (χ0n) is 15.7. The molecule has 0 unspecified atom stereocenters. The first kappa shape index (κ1) is 19.0. The van der Waals surface area contributed by atoms with Gasteiger partial charge in [-0.05, 0) is 61.5 Å². The first-order valence-corrected chi connectivity index (χ1v) is 10.5. The number of anilines is 2. The van der Waals surface area contributed by atoms with Crippen LogP contribution in [0.2, 0.25) is 0 Å². The van der Waals surface area contributed by atoms with E-state index in [0.717, 1.165) is 30.1 Å². The number of amides is 1. The smallest absolute Gasteiger partial charge is 0.297 e. The lowest BCUT2D eigenvalue weighted by Crippen LogP contribution is -2.46. The minimum Gasteiger partial charge on any atom is -0.338 e. The molecular formula is C21H20F2N2O3S. The van der Waals surface area contributed by atoms with E-state index in [-0.39, 0.29) is 5.69 Å². The molecule has 1 spiro atoms. The fourth-order valence-electron chi connectivity index (χ4n) is 4.04. The second kappa shape index (κ2) is 7.36. The van der Waals surface area contributed by atoms with Crippen LogP contribution in [0.5, 0.6) is 0 Å². The molecule has 5 rings (SSSR count). The minimum atomic E-state index is -1.59. The van der Waals surface area contributed by atoms with Gasteiger partial charge in [-0.2, -0.15) is 0 Å². The van der Waals surface area contributed by atoms with E-state index in [9.17, 15) is 13.6 Å². The van der Waals surface area contributed by atoms with E-state index >= 15 is 0 Å². The van der Waals surface area contributed by atoms with E-state index in [1.165, 1.54) is 23.8 Å². The van der Waals surface area contributed by atoms with Gasteiger partial charge in [-0.1, -0.05) is 0 Å². The fraction of sp³-hybridized carbons (Fsp3) is 0.381. The Kier molecular flexibility index (Phi) is 4.82. The SMILES string of the molecule is O=C1N(c2ccc(F)cc2F)c2ccc(SN3CCCC3)cc2C12OCCCO2. The zero-order chi connectivity index (χ0) is 20.0. The van der Waals surface area contributed by atoms with Crippen LogP contribution in [0.25, 0.3) is 0 Å². The minimum absolute atomic E-state index is 0.0211. The van der Waals surface area contributed by atoms with Crippen LogP contribution in [0.15, 0.2) is 41.3 Å². The van der Waals surface area contributed by atoms with Crippen LogP contribution >= 0.6 is 11.9 Å². The summed E-state index contributed by atoms with van der Waals surface area (Å²) in [4.78, 5) is 15.6. The first-order valence-electron chi connectivity index (χ1n) is 9.73. The monoisotopic (exact) mass is 418 g/mol. The Morgan fingerprint density at radius 3 is 2.38 bits per heavy atom. The van der Waals surface area contributed by atoms with Crippen molar-refractivity contribution in [2.45, 2.75) is 29.9 Å². The molecule has 3 aliphatic rings. The fourth-order valence-corrected chi connectivity index (χ4v) is 5.08. The molecule has 1 amide bonds. The summed E-state index contributed by atoms with van der Waals surface area (Å²) in [6.07, 6.45) is 3.02. The molecule has 0 N–H and O–H groups in total. The van der Waals surface area contributed by atoms with Gasteiger partial charge < -0.3 is 9.47 Å². The van der Waals surface area contributed by atoms with E-state index in [0.29, 0.717) is 30.9 Å². The van der Waals surface area contributed by atoms with Crippen LogP contribution in [0.1, 0.15) is 24.8 Å². The number of carbonyl (C=O) groups excluding carboxylic acids is 1. The lowest BCUT2D eigenvalue weighted by molar-refractivity contribution is -0.256. The maximum Gasteiger partial charge on any atom is 0.297 e. The zero-order valence-corrected chi connectivity index (χ0v) is 16.5. The van der Waals surface area contributed by atoms with Gasteiger partial charge >= 0.3 is 0 Å². The van der Waals surface area contributed by atoms with E-state index < -0.39 is 23.3 Å². The van der Waals surface area contributed by atoms with Crippen LogP contribution in [0.4, 0.5) is 20.2 Å². The standard InChI is InChI=1S/C21H20F2N2O3S/c22-14-4-6-19(17(23)12-14)25-18-7-5-15(29-24-8-1-2-9-24)13-16(18)21(20(25)26)27-10-3-11-28-21/h4-7,12-13H,1-3,8-11H2. The quantitative estimate of drug-likeness (QED) is 0.694. The third-order valence-corrected chi connectivity index (χ3v) is 6.49. The summed E-state index contributed by atoms with van der Waals surface area (Å²) in [6.45, 7) is 2.78. The largest absolute Gasteiger partial charge is 0.338 e. The van der Waals surface area contributed by atoms with Gasteiger partial charge in [-0.25, -0.2) is 13.1 Å². The predicted octanol–water partition coefficient (Wildman–Crippen LogP) is 4.34. The number of nitrogens with zero attached hydrogens (tertiary/aromatic N) is 2. The lowest BCUT2D eigenvalue weighted by atomic mass is 10.1. The Balaban J connectivity index is 1.60. The number of fused-ring (bicyclic) bond motifs is 2. The molecule has 0 aliphatic carbocycles. The topological polar surface area (TPSA) is 42.0 Å². The molecule has 152 valence electrons. The van der Waals surface area contributed by atoms with Crippen LogP contribution in [0, 0.1) is 11.6 Å². The highest BCUT2D eigenvalue weighted by Crippen LogP contribution is 2.50. The number of rotatable bonds is 3. The summed E-state index contributed by atoms with van der Waals surface area (Å²) in [5, 5.41) is 0. The highest BCUT2D eigenvalue weighted by atomic mass is 32.2. The molecule has 0 radical (unpaired) electrons. The van der Waals surface area contributed by atoms with Crippen LogP contribution < -0.4 is 4.90 Å². The van der Waals surface area contributed by atoms with Gasteiger partial charge in [0.1, 0.15) is 11.6 Å². The summed E-state index contributed by atoms with van der Waals surface area (Å²) >= 11 is 1.64. The van der Waals surface area contributed by atoms with Crippen LogP contribution in [-0.4, -0.2) is 36.5 Å². The molecule has 29 heavy (non-hydrogen) atoms. The summed E-state index contributed by atoms with van der Waals surface area (Å²) in [5.74, 6) is -3.61. The molecule has 3 heterocycles. The maximum absolute atomic E-state index is 14.5. The van der Waals surface area contributed by atoms with Crippen LogP contribution in [0.3, 0.4) is 0 Å². The molecule has 0 atom stereocenters. The number of hydrogen-bond acceptors (Lipinski definition) is 5. The van der Waals surface area contributed by atoms with Gasteiger partial charge in [0.15, 0.2) is 0 Å². The average molecular weight is 418 g/mol. The van der Waals surface area contributed by atoms with Gasteiger partial charge in [-0.15, -0.1) is 0 Å². The molecule has 3 aliphatic heterocycles. The molecule has 5 nitrogen and oxygen atoms in total. The first-order chi connectivity index (χ1) is 14.1. The Bertz CT molecular complexity index is 959. The third kappa shape index (κ3) is 3.15. The van der Waals surface area contributed by atoms with Crippen LogP contribution in [-0.2, 0) is 20.1 Å². The highest BCUT2D eigenvalue weighted by Gasteiger charge is 2.56. The summed E-state index contributed by atoms with van der Waals surface area (Å²) < 4.78 is 42.0. The second-order valence-corrected chi connectivity index (χ2v) is 8.48. The molecule has 0 aromatic heterocycles. The van der Waals surface area contributed by atoms with Crippen molar-refractivity contribution >= 4 is 29.2 Å². The van der Waals surface area contributed by atoms with Crippen molar-refractivity contribution in [2.75, 3.05) is 31.2 Å². The van der Waals surface area contributed by atoms with E-state index in [4.69, 9.17) is 9.47 Å². The van der Waals surface area contributed by atoms with Crippen molar-refractivity contribution in [3.05, 3.63) is 53.6 Å². The number of carbonyl (C=O) groups is 1. The van der Waals surface area contributed by atoms with E-state index in [2.05, 4.69) is 4.31 Å². The van der Waals surface area contributed by atoms with Crippen molar-refractivity contribution in [1.82, 2.24) is 4.31 Å². The van der Waals surface area contributed by atoms with Crippen molar-refractivity contribution in [1.29, 1.82) is 0 Å². The average Bonchev–Trinajstić information content (AvgIpc) is 3.30. The third-order valence-electron chi connectivity index (χ3n) is 5.40. The van der Waals surface area contributed by atoms with Gasteiger partial charge in [-0.3, -0.25) is 9.69 Å². The maximum atomic E-state index is 14.5. The Morgan fingerprint density at radius 2 is 1.66 bits per heavy atom. The van der Waals surface area contributed by atoms with Gasteiger partial charge in [0.25, 0.3) is 11.7 Å². The van der Waals surface area contributed by atoms with E-state index in [1.807, 2.05) is 12.1 Å². The van der Waals surface area contributed by atoms with Crippen molar-refractivity contribution < 1.29 is 23.0 Å². The Labute approximate surface area is 171 Å². The van der Waals surface area contributed by atoms with E-state index in [1.54, 1.807) is 18.0 Å². The number of hydrogen-bond donors (Lipinski definition) is 0. The lowest BCUT2D eigenvalue weighted by Gasteiger charge is -2.32. The molecule has 8 heteroatoms. The molecule has 2 fully saturated rings. The molecule has 2 aromatic carbocycles. The predicted molar refractivity (Wildman–Crippen MR) is 105 cm³/mol. The summed E-state index contributed by atoms with van der Waals surface area (Å²) in [7, 11) is 0. The number of halogens is 2. The highest BCUT2D eigenvalue weighted by molar-refractivity contribution is 7.97. The van der Waals surface area contributed by atoms with Crippen molar-refractivity contribution in [2.24, 2.45) is 0 Å². The summed E-state index contributed by atoms with van der Waals surface area (Å²) in [5.41, 5.74) is 1.04. The van der Waals surface area contributed by atoms with Gasteiger partial charge in [0, 0.05) is 29.6 Å².